The third kappa shape index (κ3) is 3.02. The Hall–Kier alpha value is -1.38. The van der Waals surface area contributed by atoms with Crippen molar-refractivity contribution in [3.8, 4) is 0 Å². The van der Waals surface area contributed by atoms with E-state index < -0.39 is 74.8 Å². The molecule has 0 unspecified atom stereocenters. The number of hydrogen-bond donors (Lipinski definition) is 3. The molecule has 0 aromatic heterocycles. The molecule has 234 valence electrons. The standard InChI is InChI=1S/C31H39NO10S/c1-14-11-29(32-6-7-43-29)31(37)25(39-14)40-18-9-16-10-20-30(42-20)23(26(16,2)12-19(18)41-31)22(34)24(35)27(3)17(4-5-28(27,30)36)15-8-21(33)38-13-15/h6,8,14,16-20,22-23,25,34,36-37H,4-5,7,9-13H2,1-3H3/t14-,16-,17-,18-,19-,20+,22+,23-,25+,26-,27+,28-,29-,30+,31-/m1/s1. The molecule has 5 heterocycles. The molecule has 11 nitrogen and oxygen atoms in total. The molecule has 12 heteroatoms. The fourth-order valence-corrected chi connectivity index (χ4v) is 12.6. The first kappa shape index (κ1) is 27.9. The summed E-state index contributed by atoms with van der Waals surface area (Å²) in [4.78, 5) is 30.1. The number of carbonyl (C=O) groups excluding carboxylic acids is 2. The minimum atomic E-state index is -1.79. The van der Waals surface area contributed by atoms with Gasteiger partial charge in [0.1, 0.15) is 23.9 Å². The van der Waals surface area contributed by atoms with Gasteiger partial charge in [-0.15, -0.1) is 11.8 Å². The fraction of sp³-hybridized carbons (Fsp3) is 0.839. The van der Waals surface area contributed by atoms with Crippen molar-refractivity contribution in [1.82, 2.24) is 0 Å². The summed E-state index contributed by atoms with van der Waals surface area (Å²) in [6.45, 7) is 5.87. The number of ketones is 1. The maximum absolute atomic E-state index is 14.4. The number of ether oxygens (including phenoxy) is 5. The number of esters is 1. The van der Waals surface area contributed by atoms with Crippen LogP contribution in [-0.4, -0.2) is 104 Å². The zero-order chi connectivity index (χ0) is 29.9. The number of cyclic esters (lactones) is 1. The van der Waals surface area contributed by atoms with Gasteiger partial charge in [-0.25, -0.2) is 4.79 Å². The van der Waals surface area contributed by atoms with Gasteiger partial charge in [0, 0.05) is 30.4 Å². The number of rotatable bonds is 1. The Morgan fingerprint density at radius 1 is 1.07 bits per heavy atom. The average molecular weight is 618 g/mol. The SMILES string of the molecule is C[C@@H]1C[C@]2(N=CCS2)[C@]2(O)O[C@@H]3C[C@]4(C)[C@@H](C[C@@H]5O[C@]56[C@@H]4[C@H](O)C(=O)[C@]4(C)[C@@H](C5=CC(=O)OC5)CC[C@]64O)C[C@H]3O[C@@H]2O1. The van der Waals surface area contributed by atoms with Crippen molar-refractivity contribution in [3.63, 3.8) is 0 Å². The summed E-state index contributed by atoms with van der Waals surface area (Å²) in [7, 11) is 0. The van der Waals surface area contributed by atoms with Gasteiger partial charge in [-0.2, -0.15) is 0 Å². The normalized spacial score (nSPS) is 61.2. The predicted molar refractivity (Wildman–Crippen MR) is 150 cm³/mol. The van der Waals surface area contributed by atoms with Crippen LogP contribution in [0.15, 0.2) is 16.6 Å². The molecule has 0 radical (unpaired) electrons. The summed E-state index contributed by atoms with van der Waals surface area (Å²) in [5.74, 6) is -3.06. The highest BCUT2D eigenvalue weighted by Gasteiger charge is 2.89. The van der Waals surface area contributed by atoms with Crippen molar-refractivity contribution in [3.05, 3.63) is 11.6 Å². The largest absolute Gasteiger partial charge is 0.458 e. The second-order valence-corrected chi connectivity index (χ2v) is 16.3. The topological polar surface area (TPSA) is 157 Å². The molecular weight excluding hydrogens is 578 g/mol. The van der Waals surface area contributed by atoms with Gasteiger partial charge in [-0.1, -0.05) is 6.92 Å². The quantitative estimate of drug-likeness (QED) is 0.221. The molecule has 9 aliphatic rings. The number of aliphatic hydroxyl groups is 3. The summed E-state index contributed by atoms with van der Waals surface area (Å²) >= 11 is 1.53. The average Bonchev–Trinajstić information content (AvgIpc) is 3.21. The number of hydrogen-bond acceptors (Lipinski definition) is 12. The van der Waals surface area contributed by atoms with Crippen molar-refractivity contribution in [2.24, 2.45) is 33.6 Å². The van der Waals surface area contributed by atoms with E-state index in [1.807, 2.05) is 6.92 Å². The zero-order valence-corrected chi connectivity index (χ0v) is 25.4. The van der Waals surface area contributed by atoms with Crippen molar-refractivity contribution in [2.75, 3.05) is 12.4 Å². The molecular formula is C31H39NO10S. The van der Waals surface area contributed by atoms with E-state index in [0.29, 0.717) is 49.9 Å². The van der Waals surface area contributed by atoms with Gasteiger partial charge < -0.3 is 39.0 Å². The Morgan fingerprint density at radius 2 is 1.88 bits per heavy atom. The van der Waals surface area contributed by atoms with E-state index in [4.69, 9.17) is 28.7 Å². The van der Waals surface area contributed by atoms with Gasteiger partial charge in [-0.05, 0) is 68.8 Å². The molecule has 0 bridgehead atoms. The first-order chi connectivity index (χ1) is 20.3. The van der Waals surface area contributed by atoms with Crippen molar-refractivity contribution in [2.45, 2.75) is 118 Å². The minimum Gasteiger partial charge on any atom is -0.458 e. The monoisotopic (exact) mass is 617 g/mol. The number of aliphatic hydroxyl groups excluding tert-OH is 1. The predicted octanol–water partition coefficient (Wildman–Crippen LogP) is 1.26. The summed E-state index contributed by atoms with van der Waals surface area (Å²) in [6, 6.07) is 0. The molecule has 0 aromatic rings. The van der Waals surface area contributed by atoms with Gasteiger partial charge in [0.25, 0.3) is 5.79 Å². The van der Waals surface area contributed by atoms with Crippen LogP contribution in [0.5, 0.6) is 0 Å². The fourth-order valence-electron chi connectivity index (χ4n) is 11.3. The molecule has 7 fully saturated rings. The van der Waals surface area contributed by atoms with E-state index in [9.17, 15) is 24.9 Å². The molecule has 4 saturated carbocycles. The smallest absolute Gasteiger partial charge is 0.331 e. The lowest BCUT2D eigenvalue weighted by Gasteiger charge is -2.65. The lowest BCUT2D eigenvalue weighted by Crippen LogP contribution is -2.77. The number of fused-ring (bicyclic) bond motifs is 6. The maximum Gasteiger partial charge on any atom is 0.331 e. The van der Waals surface area contributed by atoms with Gasteiger partial charge in [0.15, 0.2) is 10.7 Å². The highest BCUT2D eigenvalue weighted by molar-refractivity contribution is 8.01. The van der Waals surface area contributed by atoms with Crippen molar-refractivity contribution in [1.29, 1.82) is 0 Å². The molecule has 15 atom stereocenters. The van der Waals surface area contributed by atoms with Crippen LogP contribution in [0.2, 0.25) is 0 Å². The Morgan fingerprint density at radius 3 is 2.60 bits per heavy atom. The Bertz CT molecular complexity index is 1390. The van der Waals surface area contributed by atoms with Crippen LogP contribution >= 0.6 is 11.8 Å². The Kier molecular flexibility index (Phi) is 5.39. The maximum atomic E-state index is 14.4. The summed E-state index contributed by atoms with van der Waals surface area (Å²) in [5, 5.41) is 36.8. The van der Waals surface area contributed by atoms with Crippen molar-refractivity contribution >= 4 is 29.7 Å². The minimum absolute atomic E-state index is 0.0270. The summed E-state index contributed by atoms with van der Waals surface area (Å²) in [6.07, 6.45) is 2.48. The van der Waals surface area contributed by atoms with E-state index >= 15 is 0 Å². The lowest BCUT2D eigenvalue weighted by molar-refractivity contribution is -0.446. The number of carbonyl (C=O) groups is 2. The third-order valence-corrected chi connectivity index (χ3v) is 14.6. The van der Waals surface area contributed by atoms with E-state index in [1.165, 1.54) is 17.8 Å². The van der Waals surface area contributed by atoms with Gasteiger partial charge in [-0.3, -0.25) is 9.79 Å². The van der Waals surface area contributed by atoms with E-state index in [1.54, 1.807) is 13.1 Å². The Labute approximate surface area is 253 Å². The van der Waals surface area contributed by atoms with Crippen LogP contribution in [0.1, 0.15) is 59.3 Å². The number of thioether (sulfide) groups is 1. The molecule has 3 N–H and O–H groups in total. The molecule has 3 saturated heterocycles. The molecule has 5 aliphatic heterocycles. The summed E-state index contributed by atoms with van der Waals surface area (Å²) < 4.78 is 31.0. The van der Waals surface area contributed by atoms with Crippen LogP contribution < -0.4 is 0 Å². The van der Waals surface area contributed by atoms with Crippen LogP contribution in [0.3, 0.4) is 0 Å². The van der Waals surface area contributed by atoms with Crippen LogP contribution in [0.4, 0.5) is 0 Å². The van der Waals surface area contributed by atoms with Gasteiger partial charge in [0.05, 0.1) is 29.8 Å². The highest BCUT2D eigenvalue weighted by atomic mass is 32.2. The van der Waals surface area contributed by atoms with Gasteiger partial charge in [0.2, 0.25) is 6.29 Å². The van der Waals surface area contributed by atoms with E-state index in [2.05, 4.69) is 6.92 Å². The molecule has 0 aromatic carbocycles. The van der Waals surface area contributed by atoms with Crippen LogP contribution in [-0.2, 0) is 33.3 Å². The number of epoxide rings is 1. The zero-order valence-electron chi connectivity index (χ0n) is 24.6. The van der Waals surface area contributed by atoms with E-state index in [0.717, 1.165) is 0 Å². The molecule has 4 aliphatic carbocycles. The van der Waals surface area contributed by atoms with Crippen molar-refractivity contribution < 1.29 is 48.6 Å². The third-order valence-electron chi connectivity index (χ3n) is 13.3. The molecule has 0 amide bonds. The lowest BCUT2D eigenvalue weighted by atomic mass is 9.41. The number of Topliss-reactive ketones (excluding diaryl/α,β-unsaturated/α-hetero) is 1. The highest BCUT2D eigenvalue weighted by Crippen LogP contribution is 2.77. The second kappa shape index (κ2) is 8.31. The second-order valence-electron chi connectivity index (χ2n) is 15.0. The van der Waals surface area contributed by atoms with Crippen LogP contribution in [0.25, 0.3) is 0 Å². The first-order valence-electron chi connectivity index (χ1n) is 15.7. The first-order valence-corrected chi connectivity index (χ1v) is 16.7. The Balaban J connectivity index is 1.08. The molecule has 9 rings (SSSR count). The number of aliphatic imine (C=N–C) groups is 1. The van der Waals surface area contributed by atoms with Gasteiger partial charge >= 0.3 is 5.97 Å². The van der Waals surface area contributed by atoms with E-state index in [-0.39, 0.29) is 30.8 Å². The van der Waals surface area contributed by atoms with Crippen LogP contribution in [0, 0.1) is 28.6 Å². The number of nitrogens with zero attached hydrogens (tertiary/aromatic N) is 1. The molecule has 43 heavy (non-hydrogen) atoms. The molecule has 2 spiro atoms. The summed E-state index contributed by atoms with van der Waals surface area (Å²) in [5.41, 5.74) is -3.91.